The third-order valence-electron chi connectivity index (χ3n) is 4.55. The molecule has 8 nitrogen and oxygen atoms in total. The minimum atomic E-state index is -4.87. The maximum atomic E-state index is 13.7. The summed E-state index contributed by atoms with van der Waals surface area (Å²) in [6.07, 6.45) is -3.83. The van der Waals surface area contributed by atoms with E-state index in [-0.39, 0.29) is 32.9 Å². The van der Waals surface area contributed by atoms with Crippen molar-refractivity contribution in [2.75, 3.05) is 12.4 Å². The Labute approximate surface area is 169 Å². The van der Waals surface area contributed by atoms with Gasteiger partial charge in [-0.1, -0.05) is 6.92 Å². The predicted octanol–water partition coefficient (Wildman–Crippen LogP) is 1.92. The normalized spacial score (nSPS) is 13.5. The summed E-state index contributed by atoms with van der Waals surface area (Å²) >= 11 is 0. The quantitative estimate of drug-likeness (QED) is 0.600. The largest absolute Gasteiger partial charge is 0.449 e. The molecular formula is C18H17F3N4O4S. The van der Waals surface area contributed by atoms with Crippen LogP contribution in [0.5, 0.6) is 0 Å². The fraction of sp³-hybridized carbons (Fsp3) is 0.278. The van der Waals surface area contributed by atoms with Crippen LogP contribution in [-0.4, -0.2) is 46.3 Å². The zero-order chi connectivity index (χ0) is 22.3. The number of alkyl halides is 3. The molecule has 12 heteroatoms. The third kappa shape index (κ3) is 3.87. The number of amides is 1. The maximum absolute atomic E-state index is 13.7. The fourth-order valence-electron chi connectivity index (χ4n) is 3.01. The molecule has 0 aliphatic carbocycles. The van der Waals surface area contributed by atoms with E-state index in [4.69, 9.17) is 5.73 Å². The molecule has 0 saturated carbocycles. The highest BCUT2D eigenvalue weighted by Gasteiger charge is 2.40. The number of pyridine rings is 1. The predicted molar refractivity (Wildman–Crippen MR) is 100 cm³/mol. The lowest BCUT2D eigenvalue weighted by molar-refractivity contribution is -0.147. The lowest BCUT2D eigenvalue weighted by Crippen LogP contribution is -2.23. The number of aromatic nitrogens is 3. The Morgan fingerprint density at radius 1 is 1.27 bits per heavy atom. The molecule has 0 fully saturated rings. The topological polar surface area (TPSA) is 128 Å². The molecule has 30 heavy (non-hydrogen) atoms. The molecule has 160 valence electrons. The summed E-state index contributed by atoms with van der Waals surface area (Å²) in [5, 5.41) is 9.87. The number of hydrogen-bond donors (Lipinski definition) is 2. The zero-order valence-corrected chi connectivity index (χ0v) is 16.4. The number of nitrogens with zero attached hydrogens (tertiary/aromatic N) is 3. The standard InChI is InChI=1S/C18H17F3N4O4S/c1-2-30(28,29)11-4-5-12(23-8-11)15(9-26)25-14-6-3-10(16(22)27)7-13(14)24-17(25)18(19,20)21/h3-8,15,26H,2,9H2,1H3,(H2,22,27). The monoisotopic (exact) mass is 442 g/mol. The van der Waals surface area contributed by atoms with Gasteiger partial charge in [0.15, 0.2) is 9.84 Å². The van der Waals surface area contributed by atoms with Crippen molar-refractivity contribution in [1.29, 1.82) is 0 Å². The van der Waals surface area contributed by atoms with E-state index in [0.717, 1.165) is 16.8 Å². The molecule has 0 aliphatic heterocycles. The summed E-state index contributed by atoms with van der Waals surface area (Å²) < 4.78 is 65.6. The van der Waals surface area contributed by atoms with Crippen molar-refractivity contribution < 1.29 is 31.5 Å². The average Bonchev–Trinajstić information content (AvgIpc) is 3.08. The summed E-state index contributed by atoms with van der Waals surface area (Å²) in [6, 6.07) is 4.79. The highest BCUT2D eigenvalue weighted by atomic mass is 32.2. The van der Waals surface area contributed by atoms with E-state index in [2.05, 4.69) is 9.97 Å². The summed E-state index contributed by atoms with van der Waals surface area (Å²) in [5.41, 5.74) is 5.03. The number of primary amides is 1. The van der Waals surface area contributed by atoms with Gasteiger partial charge in [-0.3, -0.25) is 9.78 Å². The first-order valence-corrected chi connectivity index (χ1v) is 10.3. The van der Waals surface area contributed by atoms with Crippen LogP contribution in [0.1, 0.15) is 34.8 Å². The summed E-state index contributed by atoms with van der Waals surface area (Å²) in [4.78, 5) is 18.8. The Morgan fingerprint density at radius 3 is 2.47 bits per heavy atom. The number of aliphatic hydroxyl groups is 1. The van der Waals surface area contributed by atoms with Gasteiger partial charge < -0.3 is 15.4 Å². The van der Waals surface area contributed by atoms with Crippen molar-refractivity contribution in [3.63, 3.8) is 0 Å². The van der Waals surface area contributed by atoms with E-state index in [1.807, 2.05) is 0 Å². The molecule has 0 saturated heterocycles. The zero-order valence-electron chi connectivity index (χ0n) is 15.6. The second-order valence-electron chi connectivity index (χ2n) is 6.39. The number of aliphatic hydroxyl groups excluding tert-OH is 1. The lowest BCUT2D eigenvalue weighted by atomic mass is 10.1. The minimum absolute atomic E-state index is 0.00145. The molecule has 0 spiro atoms. The Hall–Kier alpha value is -2.99. The summed E-state index contributed by atoms with van der Waals surface area (Å²) in [6.45, 7) is 0.687. The number of carbonyl (C=O) groups excluding carboxylic acids is 1. The second kappa shape index (κ2) is 7.69. The smallest absolute Gasteiger partial charge is 0.394 e. The van der Waals surface area contributed by atoms with Gasteiger partial charge in [-0.2, -0.15) is 13.2 Å². The van der Waals surface area contributed by atoms with Crippen LogP contribution in [0.2, 0.25) is 0 Å². The molecule has 2 aromatic heterocycles. The molecule has 0 aliphatic rings. The van der Waals surface area contributed by atoms with Gasteiger partial charge in [-0.05, 0) is 30.3 Å². The van der Waals surface area contributed by atoms with Crippen LogP contribution in [0.3, 0.4) is 0 Å². The van der Waals surface area contributed by atoms with Crippen molar-refractivity contribution in [2.45, 2.75) is 24.0 Å². The van der Waals surface area contributed by atoms with Gasteiger partial charge in [0.05, 0.1) is 34.0 Å². The number of carbonyl (C=O) groups is 1. The van der Waals surface area contributed by atoms with Gasteiger partial charge in [0.2, 0.25) is 11.7 Å². The molecule has 3 aromatic rings. The Balaban J connectivity index is 2.20. The molecule has 1 aromatic carbocycles. The van der Waals surface area contributed by atoms with Crippen LogP contribution in [0.15, 0.2) is 41.4 Å². The Morgan fingerprint density at radius 2 is 1.97 bits per heavy atom. The molecule has 1 amide bonds. The van der Waals surface area contributed by atoms with E-state index >= 15 is 0 Å². The van der Waals surface area contributed by atoms with E-state index in [9.17, 15) is 31.5 Å². The van der Waals surface area contributed by atoms with Gasteiger partial charge in [0.1, 0.15) is 6.04 Å². The molecule has 3 rings (SSSR count). The first-order valence-electron chi connectivity index (χ1n) is 8.68. The molecule has 1 unspecified atom stereocenters. The first-order chi connectivity index (χ1) is 14.0. The fourth-order valence-corrected chi connectivity index (χ4v) is 3.84. The summed E-state index contributed by atoms with van der Waals surface area (Å²) in [5.74, 6) is -2.29. The molecule has 0 radical (unpaired) electrons. The third-order valence-corrected chi connectivity index (χ3v) is 6.27. The highest BCUT2D eigenvalue weighted by molar-refractivity contribution is 7.91. The highest BCUT2D eigenvalue weighted by Crippen LogP contribution is 2.35. The van der Waals surface area contributed by atoms with Crippen LogP contribution in [0, 0.1) is 0 Å². The average molecular weight is 442 g/mol. The van der Waals surface area contributed by atoms with Crippen molar-refractivity contribution in [3.8, 4) is 0 Å². The van der Waals surface area contributed by atoms with Crippen molar-refractivity contribution in [3.05, 3.63) is 53.6 Å². The van der Waals surface area contributed by atoms with E-state index in [1.165, 1.54) is 31.2 Å². The number of nitrogens with two attached hydrogens (primary N) is 1. The number of fused-ring (bicyclic) bond motifs is 1. The number of hydrogen-bond acceptors (Lipinski definition) is 6. The van der Waals surface area contributed by atoms with Crippen molar-refractivity contribution in [2.24, 2.45) is 5.73 Å². The van der Waals surface area contributed by atoms with Gasteiger partial charge in [-0.25, -0.2) is 13.4 Å². The van der Waals surface area contributed by atoms with Gasteiger partial charge in [0.25, 0.3) is 0 Å². The van der Waals surface area contributed by atoms with Gasteiger partial charge in [-0.15, -0.1) is 0 Å². The lowest BCUT2D eigenvalue weighted by Gasteiger charge is -2.20. The van der Waals surface area contributed by atoms with E-state index in [0.29, 0.717) is 0 Å². The molecule has 3 N–H and O–H groups in total. The molecule has 1 atom stereocenters. The number of halogens is 3. The SMILES string of the molecule is CCS(=O)(=O)c1ccc(C(CO)n2c(C(F)(F)F)nc3cc(C(N)=O)ccc32)nc1. The Kier molecular flexibility index (Phi) is 5.56. The van der Waals surface area contributed by atoms with E-state index in [1.54, 1.807) is 0 Å². The van der Waals surface area contributed by atoms with E-state index < -0.39 is 40.4 Å². The van der Waals surface area contributed by atoms with Crippen LogP contribution in [0.25, 0.3) is 11.0 Å². The number of sulfone groups is 1. The maximum Gasteiger partial charge on any atom is 0.449 e. The first kappa shape index (κ1) is 21.7. The van der Waals surface area contributed by atoms with Crippen LogP contribution in [0.4, 0.5) is 13.2 Å². The molecule has 0 bridgehead atoms. The summed E-state index contributed by atoms with van der Waals surface area (Å²) in [7, 11) is -3.55. The molecular weight excluding hydrogens is 425 g/mol. The number of benzene rings is 1. The van der Waals surface area contributed by atoms with Crippen molar-refractivity contribution in [1.82, 2.24) is 14.5 Å². The molecule has 2 heterocycles. The van der Waals surface area contributed by atoms with Gasteiger partial charge in [0, 0.05) is 11.8 Å². The second-order valence-corrected chi connectivity index (χ2v) is 8.67. The van der Waals surface area contributed by atoms with Crippen LogP contribution >= 0.6 is 0 Å². The minimum Gasteiger partial charge on any atom is -0.394 e. The van der Waals surface area contributed by atoms with Crippen molar-refractivity contribution >= 4 is 26.8 Å². The number of rotatable bonds is 6. The number of imidazole rings is 1. The van der Waals surface area contributed by atoms with Crippen LogP contribution in [-0.2, 0) is 16.0 Å². The van der Waals surface area contributed by atoms with Gasteiger partial charge >= 0.3 is 6.18 Å². The van der Waals surface area contributed by atoms with Crippen LogP contribution < -0.4 is 5.73 Å². The Bertz CT molecular complexity index is 1200.